The maximum absolute atomic E-state index is 9.19. The average molecular weight is 267 g/mol. The van der Waals surface area contributed by atoms with E-state index in [2.05, 4.69) is 24.0 Å². The summed E-state index contributed by atoms with van der Waals surface area (Å²) in [4.78, 5) is 4.57. The quantitative estimate of drug-likeness (QED) is 0.766. The zero-order valence-electron chi connectivity index (χ0n) is 11.4. The SMILES string of the molecule is CCc1ccc(-c2nc3ccc(CO)cn3c2N)cc1. The first-order chi connectivity index (χ1) is 9.72. The van der Waals surface area contributed by atoms with E-state index in [1.807, 2.05) is 34.9 Å². The number of aromatic nitrogens is 2. The summed E-state index contributed by atoms with van der Waals surface area (Å²) in [6.45, 7) is 2.12. The van der Waals surface area contributed by atoms with Gasteiger partial charge in [0.05, 0.1) is 6.61 Å². The van der Waals surface area contributed by atoms with Crippen molar-refractivity contribution >= 4 is 11.5 Å². The number of fused-ring (bicyclic) bond motifs is 1. The maximum Gasteiger partial charge on any atom is 0.139 e. The van der Waals surface area contributed by atoms with Crippen LogP contribution in [0.1, 0.15) is 18.1 Å². The number of hydrogen-bond donors (Lipinski definition) is 2. The Balaban J connectivity index is 2.13. The highest BCUT2D eigenvalue weighted by Crippen LogP contribution is 2.27. The molecule has 0 aliphatic rings. The van der Waals surface area contributed by atoms with E-state index in [1.165, 1.54) is 5.56 Å². The number of nitrogens with zero attached hydrogens (tertiary/aromatic N) is 2. The second-order valence-corrected chi connectivity index (χ2v) is 4.82. The number of anilines is 1. The molecule has 2 heterocycles. The number of aliphatic hydroxyl groups excluding tert-OH is 1. The van der Waals surface area contributed by atoms with Crippen molar-refractivity contribution in [2.45, 2.75) is 20.0 Å². The van der Waals surface area contributed by atoms with Gasteiger partial charge in [-0.05, 0) is 23.6 Å². The second kappa shape index (κ2) is 4.98. The lowest BCUT2D eigenvalue weighted by Gasteiger charge is -2.02. The number of nitrogens with two attached hydrogens (primary N) is 1. The van der Waals surface area contributed by atoms with E-state index in [0.717, 1.165) is 28.9 Å². The number of imidazole rings is 1. The van der Waals surface area contributed by atoms with Crippen molar-refractivity contribution in [1.82, 2.24) is 9.38 Å². The van der Waals surface area contributed by atoms with Gasteiger partial charge in [-0.3, -0.25) is 4.40 Å². The summed E-state index contributed by atoms with van der Waals surface area (Å²) in [7, 11) is 0. The fourth-order valence-corrected chi connectivity index (χ4v) is 2.31. The van der Waals surface area contributed by atoms with E-state index in [4.69, 9.17) is 5.73 Å². The van der Waals surface area contributed by atoms with Crippen molar-refractivity contribution in [1.29, 1.82) is 0 Å². The van der Waals surface area contributed by atoms with Gasteiger partial charge in [-0.15, -0.1) is 0 Å². The van der Waals surface area contributed by atoms with Gasteiger partial charge in [-0.25, -0.2) is 4.98 Å². The molecular formula is C16H17N3O. The number of hydrogen-bond acceptors (Lipinski definition) is 3. The molecule has 0 amide bonds. The highest BCUT2D eigenvalue weighted by atomic mass is 16.3. The topological polar surface area (TPSA) is 63.5 Å². The third-order valence-electron chi connectivity index (χ3n) is 3.53. The minimum Gasteiger partial charge on any atom is -0.392 e. The normalized spacial score (nSPS) is 11.1. The van der Waals surface area contributed by atoms with Crippen LogP contribution >= 0.6 is 0 Å². The molecular weight excluding hydrogens is 250 g/mol. The average Bonchev–Trinajstić information content (AvgIpc) is 2.84. The lowest BCUT2D eigenvalue weighted by Crippen LogP contribution is -1.96. The van der Waals surface area contributed by atoms with Gasteiger partial charge in [-0.2, -0.15) is 0 Å². The van der Waals surface area contributed by atoms with Crippen LogP contribution in [-0.4, -0.2) is 14.5 Å². The van der Waals surface area contributed by atoms with Crippen LogP contribution in [0, 0.1) is 0 Å². The van der Waals surface area contributed by atoms with Gasteiger partial charge >= 0.3 is 0 Å². The summed E-state index contributed by atoms with van der Waals surface area (Å²) in [5.41, 5.74) is 10.9. The minimum atomic E-state index is -0.00586. The Bertz CT molecular complexity index is 744. The van der Waals surface area contributed by atoms with Crippen LogP contribution in [0.15, 0.2) is 42.6 Å². The molecule has 20 heavy (non-hydrogen) atoms. The molecule has 102 valence electrons. The first-order valence-electron chi connectivity index (χ1n) is 6.69. The molecule has 0 atom stereocenters. The number of aliphatic hydroxyl groups is 1. The molecule has 1 aromatic carbocycles. The molecule has 0 saturated heterocycles. The van der Waals surface area contributed by atoms with Crippen molar-refractivity contribution in [3.63, 3.8) is 0 Å². The fraction of sp³-hybridized carbons (Fsp3) is 0.188. The molecule has 0 radical (unpaired) electrons. The van der Waals surface area contributed by atoms with Gasteiger partial charge in [0.25, 0.3) is 0 Å². The number of rotatable bonds is 3. The third-order valence-corrected chi connectivity index (χ3v) is 3.53. The first-order valence-corrected chi connectivity index (χ1v) is 6.69. The third kappa shape index (κ3) is 2.04. The van der Waals surface area contributed by atoms with Crippen LogP contribution in [-0.2, 0) is 13.0 Å². The number of aryl methyl sites for hydroxylation is 1. The molecule has 4 heteroatoms. The summed E-state index contributed by atoms with van der Waals surface area (Å²) < 4.78 is 1.81. The molecule has 0 aliphatic heterocycles. The Labute approximate surface area is 117 Å². The monoisotopic (exact) mass is 267 g/mol. The fourth-order valence-electron chi connectivity index (χ4n) is 2.31. The van der Waals surface area contributed by atoms with Crippen molar-refractivity contribution in [2.75, 3.05) is 5.73 Å². The molecule has 0 aliphatic carbocycles. The highest BCUT2D eigenvalue weighted by Gasteiger charge is 2.11. The molecule has 0 bridgehead atoms. The highest BCUT2D eigenvalue weighted by molar-refractivity contribution is 5.75. The van der Waals surface area contributed by atoms with E-state index in [-0.39, 0.29) is 6.61 Å². The summed E-state index contributed by atoms with van der Waals surface area (Å²) >= 11 is 0. The van der Waals surface area contributed by atoms with E-state index in [0.29, 0.717) is 5.82 Å². The van der Waals surface area contributed by atoms with Crippen molar-refractivity contribution in [3.8, 4) is 11.3 Å². The Morgan fingerprint density at radius 1 is 1.10 bits per heavy atom. The summed E-state index contributed by atoms with van der Waals surface area (Å²) in [6, 6.07) is 12.0. The Kier molecular flexibility index (Phi) is 3.16. The molecule has 4 nitrogen and oxygen atoms in total. The van der Waals surface area contributed by atoms with Gasteiger partial charge < -0.3 is 10.8 Å². The van der Waals surface area contributed by atoms with Crippen molar-refractivity contribution in [2.24, 2.45) is 0 Å². The lowest BCUT2D eigenvalue weighted by molar-refractivity contribution is 0.281. The number of nitrogen functional groups attached to an aromatic ring is 1. The van der Waals surface area contributed by atoms with E-state index in [9.17, 15) is 5.11 Å². The molecule has 0 fully saturated rings. The predicted octanol–water partition coefficient (Wildman–Crippen LogP) is 2.64. The number of benzene rings is 1. The van der Waals surface area contributed by atoms with Crippen molar-refractivity contribution in [3.05, 3.63) is 53.7 Å². The molecule has 3 N–H and O–H groups in total. The van der Waals surface area contributed by atoms with Crippen LogP contribution in [0.5, 0.6) is 0 Å². The van der Waals surface area contributed by atoms with Gasteiger partial charge in [0.1, 0.15) is 17.2 Å². The van der Waals surface area contributed by atoms with Gasteiger partial charge in [-0.1, -0.05) is 37.3 Å². The second-order valence-electron chi connectivity index (χ2n) is 4.82. The minimum absolute atomic E-state index is 0.00586. The maximum atomic E-state index is 9.19. The molecule has 2 aromatic heterocycles. The molecule has 0 spiro atoms. The standard InChI is InChI=1S/C16H17N3O/c1-2-11-3-6-13(7-4-11)15-16(17)19-9-12(10-20)5-8-14(19)18-15/h3-9,20H,2,10,17H2,1H3. The Morgan fingerprint density at radius 3 is 2.45 bits per heavy atom. The van der Waals surface area contributed by atoms with Gasteiger partial charge in [0.15, 0.2) is 0 Å². The number of pyridine rings is 1. The Hall–Kier alpha value is -2.33. The van der Waals surface area contributed by atoms with Gasteiger partial charge in [0.2, 0.25) is 0 Å². The molecule has 0 unspecified atom stereocenters. The predicted molar refractivity (Wildman–Crippen MR) is 80.3 cm³/mol. The van der Waals surface area contributed by atoms with Crippen molar-refractivity contribution < 1.29 is 5.11 Å². The first kappa shape index (κ1) is 12.7. The molecule has 3 aromatic rings. The summed E-state index contributed by atoms with van der Waals surface area (Å²) in [5.74, 6) is 0.597. The van der Waals surface area contributed by atoms with E-state index < -0.39 is 0 Å². The molecule has 3 rings (SSSR count). The summed E-state index contributed by atoms with van der Waals surface area (Å²) in [5, 5.41) is 9.19. The van der Waals surface area contributed by atoms with Crippen LogP contribution in [0.2, 0.25) is 0 Å². The largest absolute Gasteiger partial charge is 0.392 e. The summed E-state index contributed by atoms with van der Waals surface area (Å²) in [6.07, 6.45) is 2.84. The van der Waals surface area contributed by atoms with Crippen LogP contribution in [0.4, 0.5) is 5.82 Å². The van der Waals surface area contributed by atoms with E-state index >= 15 is 0 Å². The van der Waals surface area contributed by atoms with Crippen LogP contribution in [0.25, 0.3) is 16.9 Å². The molecule has 0 saturated carbocycles. The van der Waals surface area contributed by atoms with E-state index in [1.54, 1.807) is 0 Å². The zero-order valence-corrected chi connectivity index (χ0v) is 11.4. The van der Waals surface area contributed by atoms with Crippen LogP contribution < -0.4 is 5.73 Å². The lowest BCUT2D eigenvalue weighted by atomic mass is 10.1. The smallest absolute Gasteiger partial charge is 0.139 e. The Morgan fingerprint density at radius 2 is 1.80 bits per heavy atom. The van der Waals surface area contributed by atoms with Crippen LogP contribution in [0.3, 0.4) is 0 Å². The zero-order chi connectivity index (χ0) is 14.1. The van der Waals surface area contributed by atoms with Gasteiger partial charge in [0, 0.05) is 11.8 Å².